The van der Waals surface area contributed by atoms with Crippen LogP contribution in [0, 0.1) is 0 Å². The molecule has 0 aliphatic carbocycles. The molecule has 1 aromatic rings. The van der Waals surface area contributed by atoms with Gasteiger partial charge >= 0.3 is 6.09 Å². The minimum atomic E-state index is -0.330. The Kier molecular flexibility index (Phi) is 4.15. The monoisotopic (exact) mass is 239 g/mol. The highest BCUT2D eigenvalue weighted by molar-refractivity contribution is 5.70. The summed E-state index contributed by atoms with van der Waals surface area (Å²) in [5.74, 6) is 0.483. The Hall–Kier alpha value is -1.52. The van der Waals surface area contributed by atoms with Crippen molar-refractivity contribution in [3.8, 4) is 5.75 Å². The highest BCUT2D eigenvalue weighted by atomic mass is 16.6. The quantitative estimate of drug-likeness (QED) is 0.814. The van der Waals surface area contributed by atoms with E-state index in [1.165, 1.54) is 0 Å². The molecule has 0 bridgehead atoms. The highest BCUT2D eigenvalue weighted by Gasteiger charge is 2.17. The predicted molar refractivity (Wildman–Crippen MR) is 66.2 cm³/mol. The molecule has 0 N–H and O–H groups in total. The van der Waals surface area contributed by atoms with E-state index in [2.05, 4.69) is 5.10 Å². The summed E-state index contributed by atoms with van der Waals surface area (Å²) in [6, 6.07) is 0. The number of ether oxygens (including phenoxy) is 1. The molecular weight excluding hydrogens is 218 g/mol. The number of hydrogen-bond donors (Lipinski definition) is 0. The zero-order chi connectivity index (χ0) is 13.1. The molecule has 5 nitrogen and oxygen atoms in total. The Morgan fingerprint density at radius 2 is 2.00 bits per heavy atom. The summed E-state index contributed by atoms with van der Waals surface area (Å²) in [4.78, 5) is 13.3. The van der Waals surface area contributed by atoms with E-state index in [1.54, 1.807) is 22.0 Å². The van der Waals surface area contributed by atoms with Crippen LogP contribution in [0.2, 0.25) is 0 Å². The van der Waals surface area contributed by atoms with E-state index in [4.69, 9.17) is 4.74 Å². The molecule has 0 saturated carbocycles. The Bertz CT molecular complexity index is 375. The minimum absolute atomic E-state index is 0.111. The smallest absolute Gasteiger partial charge is 0.407 e. The average molecular weight is 239 g/mol. The molecule has 0 aliphatic heterocycles. The fourth-order valence-electron chi connectivity index (χ4n) is 1.37. The molecule has 96 valence electrons. The maximum Gasteiger partial charge on any atom is 0.415 e. The van der Waals surface area contributed by atoms with E-state index in [1.807, 2.05) is 34.6 Å². The first-order valence-electron chi connectivity index (χ1n) is 5.90. The van der Waals surface area contributed by atoms with Gasteiger partial charge in [-0.05, 0) is 34.6 Å². The minimum Gasteiger partial charge on any atom is -0.407 e. The summed E-state index contributed by atoms with van der Waals surface area (Å²) < 4.78 is 7.01. The van der Waals surface area contributed by atoms with Crippen LogP contribution in [0.25, 0.3) is 0 Å². The third-order valence-corrected chi connectivity index (χ3v) is 2.47. The summed E-state index contributed by atoms with van der Waals surface area (Å²) >= 11 is 0. The first-order chi connectivity index (χ1) is 7.88. The lowest BCUT2D eigenvalue weighted by molar-refractivity contribution is 0.157. The number of amides is 1. The van der Waals surface area contributed by atoms with Crippen molar-refractivity contribution in [3.63, 3.8) is 0 Å². The van der Waals surface area contributed by atoms with Gasteiger partial charge in [-0.25, -0.2) is 4.79 Å². The standard InChI is InChI=1S/C12H21N3O2/c1-6-14(7-2)11(16)17-10-8-13-15(9-10)12(3,4)5/h8-9H,6-7H2,1-5H3. The van der Waals surface area contributed by atoms with Crippen LogP contribution in [-0.4, -0.2) is 33.9 Å². The number of rotatable bonds is 3. The van der Waals surface area contributed by atoms with Crippen LogP contribution in [0.3, 0.4) is 0 Å². The van der Waals surface area contributed by atoms with E-state index >= 15 is 0 Å². The van der Waals surface area contributed by atoms with Gasteiger partial charge in [0.05, 0.1) is 17.9 Å². The second-order valence-electron chi connectivity index (χ2n) is 4.83. The van der Waals surface area contributed by atoms with Crippen LogP contribution >= 0.6 is 0 Å². The lowest BCUT2D eigenvalue weighted by Gasteiger charge is -2.19. The Balaban J connectivity index is 2.70. The molecule has 0 aromatic carbocycles. The Morgan fingerprint density at radius 1 is 1.41 bits per heavy atom. The van der Waals surface area contributed by atoms with Crippen LogP contribution in [0.5, 0.6) is 5.75 Å². The van der Waals surface area contributed by atoms with Gasteiger partial charge in [-0.2, -0.15) is 5.10 Å². The first kappa shape index (κ1) is 13.5. The third-order valence-electron chi connectivity index (χ3n) is 2.47. The third kappa shape index (κ3) is 3.47. The summed E-state index contributed by atoms with van der Waals surface area (Å²) in [6.07, 6.45) is 2.97. The van der Waals surface area contributed by atoms with Gasteiger partial charge in [-0.15, -0.1) is 0 Å². The molecule has 0 aliphatic rings. The topological polar surface area (TPSA) is 47.4 Å². The van der Waals surface area contributed by atoms with Crippen molar-refractivity contribution >= 4 is 6.09 Å². The lowest BCUT2D eigenvalue weighted by Crippen LogP contribution is -2.33. The fraction of sp³-hybridized carbons (Fsp3) is 0.667. The molecule has 0 fully saturated rings. The van der Waals surface area contributed by atoms with Crippen molar-refractivity contribution in [2.24, 2.45) is 0 Å². The summed E-state index contributed by atoms with van der Waals surface area (Å²) in [6.45, 7) is 11.2. The van der Waals surface area contributed by atoms with E-state index in [-0.39, 0.29) is 11.6 Å². The zero-order valence-corrected chi connectivity index (χ0v) is 11.2. The molecule has 1 rings (SSSR count). The van der Waals surface area contributed by atoms with Gasteiger partial charge in [0.15, 0.2) is 5.75 Å². The molecule has 1 heterocycles. The maximum atomic E-state index is 11.7. The van der Waals surface area contributed by atoms with Gasteiger partial charge < -0.3 is 9.64 Å². The number of hydrogen-bond acceptors (Lipinski definition) is 3. The number of carbonyl (C=O) groups is 1. The largest absolute Gasteiger partial charge is 0.415 e. The predicted octanol–water partition coefficient (Wildman–Crippen LogP) is 2.48. The maximum absolute atomic E-state index is 11.7. The van der Waals surface area contributed by atoms with Crippen LogP contribution in [-0.2, 0) is 5.54 Å². The van der Waals surface area contributed by atoms with Gasteiger partial charge in [0, 0.05) is 13.1 Å². The molecular formula is C12H21N3O2. The van der Waals surface area contributed by atoms with Gasteiger partial charge in [0.2, 0.25) is 0 Å². The number of carbonyl (C=O) groups excluding carboxylic acids is 1. The summed E-state index contributed by atoms with van der Waals surface area (Å²) in [7, 11) is 0. The Labute approximate surface area is 102 Å². The van der Waals surface area contributed by atoms with E-state index < -0.39 is 0 Å². The van der Waals surface area contributed by atoms with Crippen molar-refractivity contribution in [3.05, 3.63) is 12.4 Å². The second-order valence-corrected chi connectivity index (χ2v) is 4.83. The first-order valence-corrected chi connectivity index (χ1v) is 5.90. The molecule has 17 heavy (non-hydrogen) atoms. The molecule has 1 amide bonds. The van der Waals surface area contributed by atoms with Crippen LogP contribution in [0.4, 0.5) is 4.79 Å². The van der Waals surface area contributed by atoms with Gasteiger partial charge in [-0.3, -0.25) is 4.68 Å². The van der Waals surface area contributed by atoms with Crippen molar-refractivity contribution in [2.45, 2.75) is 40.2 Å². The second kappa shape index (κ2) is 5.21. The van der Waals surface area contributed by atoms with Gasteiger partial charge in [-0.1, -0.05) is 0 Å². The normalized spacial score (nSPS) is 11.4. The van der Waals surface area contributed by atoms with Crippen LogP contribution in [0.1, 0.15) is 34.6 Å². The van der Waals surface area contributed by atoms with E-state index in [0.717, 1.165) is 0 Å². The van der Waals surface area contributed by atoms with Crippen molar-refractivity contribution in [1.29, 1.82) is 0 Å². The number of nitrogens with zero attached hydrogens (tertiary/aromatic N) is 3. The summed E-state index contributed by atoms with van der Waals surface area (Å²) in [5, 5.41) is 4.17. The average Bonchev–Trinajstić information content (AvgIpc) is 2.67. The van der Waals surface area contributed by atoms with Gasteiger partial charge in [0.1, 0.15) is 0 Å². The number of aromatic nitrogens is 2. The molecule has 0 spiro atoms. The molecule has 5 heteroatoms. The van der Waals surface area contributed by atoms with Crippen molar-refractivity contribution in [2.75, 3.05) is 13.1 Å². The van der Waals surface area contributed by atoms with Crippen LogP contribution in [0.15, 0.2) is 12.4 Å². The zero-order valence-electron chi connectivity index (χ0n) is 11.2. The van der Waals surface area contributed by atoms with E-state index in [9.17, 15) is 4.79 Å². The van der Waals surface area contributed by atoms with Crippen molar-refractivity contribution < 1.29 is 9.53 Å². The fourth-order valence-corrected chi connectivity index (χ4v) is 1.37. The molecule has 0 saturated heterocycles. The summed E-state index contributed by atoms with van der Waals surface area (Å²) in [5.41, 5.74) is -0.111. The highest BCUT2D eigenvalue weighted by Crippen LogP contribution is 2.17. The lowest BCUT2D eigenvalue weighted by atomic mass is 10.1. The molecule has 0 unspecified atom stereocenters. The van der Waals surface area contributed by atoms with Crippen LogP contribution < -0.4 is 4.74 Å². The molecule has 1 aromatic heterocycles. The Morgan fingerprint density at radius 3 is 2.41 bits per heavy atom. The van der Waals surface area contributed by atoms with Gasteiger partial charge in [0.25, 0.3) is 0 Å². The SMILES string of the molecule is CCN(CC)C(=O)Oc1cnn(C(C)(C)C)c1. The molecule has 0 atom stereocenters. The molecule has 0 radical (unpaired) electrons. The van der Waals surface area contributed by atoms with Crippen molar-refractivity contribution in [1.82, 2.24) is 14.7 Å². The van der Waals surface area contributed by atoms with E-state index in [0.29, 0.717) is 18.8 Å².